The van der Waals surface area contributed by atoms with E-state index in [0.29, 0.717) is 4.59 Å². The number of hydrogen-bond donors (Lipinski definition) is 0. The Balaban J connectivity index is 2.41. The predicted octanol–water partition coefficient (Wildman–Crippen LogP) is 2.26. The van der Waals surface area contributed by atoms with E-state index in [2.05, 4.69) is 34.6 Å². The summed E-state index contributed by atoms with van der Waals surface area (Å²) in [5.41, 5.74) is 2.30. The summed E-state index contributed by atoms with van der Waals surface area (Å²) in [6, 6.07) is 8.18. The maximum Gasteiger partial charge on any atom is 0.244 e. The molecule has 4 nitrogen and oxygen atoms in total. The van der Waals surface area contributed by atoms with E-state index in [1.807, 2.05) is 19.2 Å². The lowest BCUT2D eigenvalue weighted by atomic mass is 10.2. The van der Waals surface area contributed by atoms with Crippen molar-refractivity contribution in [2.24, 2.45) is 15.5 Å². The van der Waals surface area contributed by atoms with Crippen LogP contribution < -0.4 is 4.59 Å². The summed E-state index contributed by atoms with van der Waals surface area (Å²) in [5.74, 6) is 0. The monoisotopic (exact) mass is 175 g/mol. The van der Waals surface area contributed by atoms with Crippen molar-refractivity contribution in [1.82, 2.24) is 4.59 Å². The van der Waals surface area contributed by atoms with E-state index in [0.717, 1.165) is 5.69 Å². The van der Waals surface area contributed by atoms with Gasteiger partial charge in [0, 0.05) is 17.4 Å². The third-order valence-corrected chi connectivity index (χ3v) is 2.11. The Morgan fingerprint density at radius 2 is 1.85 bits per heavy atom. The fourth-order valence-electron chi connectivity index (χ4n) is 1.22. The molecule has 1 unspecified atom stereocenters. The maximum atomic E-state index is 4.01. The highest BCUT2D eigenvalue weighted by Crippen LogP contribution is 2.22. The van der Waals surface area contributed by atoms with E-state index < -0.39 is 0 Å². The van der Waals surface area contributed by atoms with Crippen molar-refractivity contribution in [2.75, 3.05) is 7.05 Å². The van der Waals surface area contributed by atoms with Gasteiger partial charge in [0.05, 0.1) is 5.22 Å². The van der Waals surface area contributed by atoms with Crippen LogP contribution in [0.2, 0.25) is 0 Å². The molecule has 1 atom stereocenters. The van der Waals surface area contributed by atoms with Gasteiger partial charge in [-0.15, -0.1) is 4.59 Å². The van der Waals surface area contributed by atoms with Gasteiger partial charge in [0.15, 0.2) is 5.69 Å². The van der Waals surface area contributed by atoms with Crippen molar-refractivity contribution >= 4 is 12.0 Å². The molecule has 1 heterocycles. The number of hydrogen-bond acceptors (Lipinski definition) is 3. The van der Waals surface area contributed by atoms with E-state index in [-0.39, 0.29) is 0 Å². The van der Waals surface area contributed by atoms with Gasteiger partial charge in [0.1, 0.15) is 7.05 Å². The van der Waals surface area contributed by atoms with Gasteiger partial charge in [0.25, 0.3) is 0 Å². The minimum absolute atomic E-state index is 0.306. The second-order valence-electron chi connectivity index (χ2n) is 3.27. The first-order valence-electron chi connectivity index (χ1n) is 4.11. The first kappa shape index (κ1) is 8.07. The molecule has 1 aromatic rings. The van der Waals surface area contributed by atoms with Gasteiger partial charge in [0.2, 0.25) is 6.34 Å². The molecule has 0 fully saturated rings. The van der Waals surface area contributed by atoms with E-state index in [1.165, 1.54) is 5.56 Å². The lowest BCUT2D eigenvalue weighted by Crippen LogP contribution is -2.34. The highest BCUT2D eigenvalue weighted by atomic mass is 15.8. The third-order valence-electron chi connectivity index (χ3n) is 2.11. The number of nitrogens with zero attached hydrogens (tertiary/aromatic N) is 4. The molecule has 1 aliphatic rings. The molecule has 13 heavy (non-hydrogen) atoms. The van der Waals surface area contributed by atoms with Crippen molar-refractivity contribution in [3.8, 4) is 0 Å². The third kappa shape index (κ3) is 1.36. The lowest BCUT2D eigenvalue weighted by Gasteiger charge is -2.15. The van der Waals surface area contributed by atoms with Crippen LogP contribution in [0.4, 0.5) is 5.69 Å². The molecule has 0 amide bonds. The van der Waals surface area contributed by atoms with Gasteiger partial charge in [-0.2, -0.15) is 0 Å². The Morgan fingerprint density at radius 3 is 2.38 bits per heavy atom. The van der Waals surface area contributed by atoms with Crippen molar-refractivity contribution in [3.63, 3.8) is 0 Å². The molecular formula is C9H11N4+. The van der Waals surface area contributed by atoms with Crippen LogP contribution in [0, 0.1) is 6.92 Å². The standard InChI is InChI=1S/C9H11N4/c1-8-3-5-9(6-4-8)13(2)7-10-11-12-13/h3-7H,1-2H3/q+1. The summed E-state index contributed by atoms with van der Waals surface area (Å²) in [6.07, 6.45) is 1.70. The quantitative estimate of drug-likeness (QED) is 0.587. The SMILES string of the molecule is Cc1ccc([N+]2(C)C=NN=N2)cc1. The Hall–Kier alpha value is -1.55. The van der Waals surface area contributed by atoms with E-state index >= 15 is 0 Å². The Labute approximate surface area is 76.8 Å². The Kier molecular flexibility index (Phi) is 1.70. The molecule has 66 valence electrons. The second-order valence-corrected chi connectivity index (χ2v) is 3.27. The second kappa shape index (κ2) is 2.74. The Bertz CT molecular complexity index is 352. The molecule has 0 aliphatic carbocycles. The van der Waals surface area contributed by atoms with E-state index in [9.17, 15) is 0 Å². The number of rotatable bonds is 1. The fraction of sp³-hybridized carbons (Fsp3) is 0.222. The van der Waals surface area contributed by atoms with Gasteiger partial charge in [-0.1, -0.05) is 22.8 Å². The molecule has 0 bridgehead atoms. The van der Waals surface area contributed by atoms with Crippen molar-refractivity contribution in [2.45, 2.75) is 6.92 Å². The van der Waals surface area contributed by atoms with Crippen LogP contribution in [0.1, 0.15) is 5.56 Å². The van der Waals surface area contributed by atoms with Crippen molar-refractivity contribution in [3.05, 3.63) is 29.8 Å². The van der Waals surface area contributed by atoms with Crippen molar-refractivity contribution < 1.29 is 0 Å². The van der Waals surface area contributed by atoms with Crippen LogP contribution in [-0.2, 0) is 0 Å². The van der Waals surface area contributed by atoms with E-state index in [4.69, 9.17) is 0 Å². The predicted molar refractivity (Wildman–Crippen MR) is 52.2 cm³/mol. The molecular weight excluding hydrogens is 164 g/mol. The fourth-order valence-corrected chi connectivity index (χ4v) is 1.22. The number of quaternary nitrogens is 1. The minimum atomic E-state index is 0.306. The minimum Gasteiger partial charge on any atom is -0.104 e. The summed E-state index contributed by atoms with van der Waals surface area (Å²) in [6.45, 7) is 2.06. The summed E-state index contributed by atoms with van der Waals surface area (Å²) >= 11 is 0. The molecule has 1 aliphatic heterocycles. The zero-order valence-electron chi connectivity index (χ0n) is 7.68. The highest BCUT2D eigenvalue weighted by molar-refractivity contribution is 5.72. The summed E-state index contributed by atoms with van der Waals surface area (Å²) < 4.78 is 0.306. The summed E-state index contributed by atoms with van der Waals surface area (Å²) in [4.78, 5) is 0. The molecule has 0 N–H and O–H groups in total. The average molecular weight is 175 g/mol. The zero-order valence-corrected chi connectivity index (χ0v) is 7.68. The van der Waals surface area contributed by atoms with Gasteiger partial charge in [-0.3, -0.25) is 0 Å². The molecule has 1 aromatic carbocycles. The van der Waals surface area contributed by atoms with Crippen LogP contribution in [0.15, 0.2) is 39.8 Å². The molecule has 0 saturated carbocycles. The van der Waals surface area contributed by atoms with Gasteiger partial charge < -0.3 is 0 Å². The molecule has 0 saturated heterocycles. The van der Waals surface area contributed by atoms with Crippen LogP contribution in [0.5, 0.6) is 0 Å². The smallest absolute Gasteiger partial charge is 0.104 e. The molecule has 0 spiro atoms. The van der Waals surface area contributed by atoms with Crippen molar-refractivity contribution in [1.29, 1.82) is 0 Å². The normalized spacial score (nSPS) is 25.4. The lowest BCUT2D eigenvalue weighted by molar-refractivity contribution is 0.522. The largest absolute Gasteiger partial charge is 0.244 e. The highest BCUT2D eigenvalue weighted by Gasteiger charge is 2.26. The number of aryl methyl sites for hydroxylation is 1. The average Bonchev–Trinajstić information content (AvgIpc) is 2.54. The zero-order chi connectivity index (χ0) is 9.31. The summed E-state index contributed by atoms with van der Waals surface area (Å²) in [5, 5.41) is 11.4. The maximum absolute atomic E-state index is 4.01. The number of benzene rings is 1. The first-order chi connectivity index (χ1) is 6.21. The topological polar surface area (TPSA) is 37.1 Å². The summed E-state index contributed by atoms with van der Waals surface area (Å²) in [7, 11) is 1.94. The van der Waals surface area contributed by atoms with Gasteiger partial charge in [-0.05, 0) is 6.92 Å². The molecule has 0 aromatic heterocycles. The molecule has 4 heteroatoms. The van der Waals surface area contributed by atoms with Crippen LogP contribution in [0.3, 0.4) is 0 Å². The van der Waals surface area contributed by atoms with E-state index in [1.54, 1.807) is 6.34 Å². The molecule has 0 radical (unpaired) electrons. The Morgan fingerprint density at radius 1 is 1.15 bits per heavy atom. The van der Waals surface area contributed by atoms with Gasteiger partial charge >= 0.3 is 0 Å². The first-order valence-corrected chi connectivity index (χ1v) is 4.11. The van der Waals surface area contributed by atoms with Crippen LogP contribution >= 0.6 is 0 Å². The van der Waals surface area contributed by atoms with Crippen LogP contribution in [0.25, 0.3) is 0 Å². The van der Waals surface area contributed by atoms with Gasteiger partial charge in [-0.25, -0.2) is 0 Å². The van der Waals surface area contributed by atoms with Crippen LogP contribution in [-0.4, -0.2) is 13.4 Å². The molecule has 2 rings (SSSR count).